The molecule has 1 unspecified atom stereocenters. The molecule has 0 aliphatic carbocycles. The predicted octanol–water partition coefficient (Wildman–Crippen LogP) is 2.29. The maximum absolute atomic E-state index is 9.00. The van der Waals surface area contributed by atoms with E-state index in [1.165, 1.54) is 19.3 Å². The molecule has 2 N–H and O–H groups in total. The molecule has 13 heavy (non-hydrogen) atoms. The number of rotatable bonds is 5. The second-order valence-electron chi connectivity index (χ2n) is 3.12. The molecule has 0 aromatic heterocycles. The van der Waals surface area contributed by atoms with E-state index in [2.05, 4.69) is 13.8 Å². The summed E-state index contributed by atoms with van der Waals surface area (Å²) in [6.07, 6.45) is 4.83. The molecule has 0 aromatic rings. The Labute approximate surface area is 80.8 Å². The molecule has 3 heteroatoms. The van der Waals surface area contributed by atoms with E-state index in [0.29, 0.717) is 12.5 Å². The predicted molar refractivity (Wildman–Crippen MR) is 53.7 cm³/mol. The fourth-order valence-corrected chi connectivity index (χ4v) is 0.917. The lowest BCUT2D eigenvalue weighted by molar-refractivity contribution is -0.134. The molecule has 0 spiro atoms. The lowest BCUT2D eigenvalue weighted by Gasteiger charge is -2.08. The molecular formula is C10H22O3. The van der Waals surface area contributed by atoms with E-state index in [0.717, 1.165) is 13.3 Å². The molecule has 0 radical (unpaired) electrons. The first-order valence-electron chi connectivity index (χ1n) is 4.88. The first-order chi connectivity index (χ1) is 6.08. The third kappa shape index (κ3) is 18.4. The van der Waals surface area contributed by atoms with Crippen molar-refractivity contribution in [3.8, 4) is 0 Å². The summed E-state index contributed by atoms with van der Waals surface area (Å²) in [7, 11) is 0. The SMILES string of the molecule is CC(=O)O.CCCCC(CC)CO. The van der Waals surface area contributed by atoms with Gasteiger partial charge in [0.25, 0.3) is 5.97 Å². The Morgan fingerprint density at radius 1 is 1.38 bits per heavy atom. The fourth-order valence-electron chi connectivity index (χ4n) is 0.917. The minimum absolute atomic E-state index is 0.372. The standard InChI is InChI=1S/C8H18O.C2H4O2/c1-3-5-6-8(4-2)7-9;1-2(3)4/h8-9H,3-7H2,1-2H3;1H3,(H,3,4). The van der Waals surface area contributed by atoms with Crippen molar-refractivity contribution in [2.75, 3.05) is 6.61 Å². The van der Waals surface area contributed by atoms with Gasteiger partial charge in [-0.1, -0.05) is 33.1 Å². The summed E-state index contributed by atoms with van der Waals surface area (Å²) in [4.78, 5) is 9.00. The zero-order valence-electron chi connectivity index (χ0n) is 8.92. The summed E-state index contributed by atoms with van der Waals surface area (Å²) in [5.74, 6) is -0.273. The summed E-state index contributed by atoms with van der Waals surface area (Å²) in [5, 5.41) is 16.2. The van der Waals surface area contributed by atoms with Crippen molar-refractivity contribution in [3.63, 3.8) is 0 Å². The quantitative estimate of drug-likeness (QED) is 0.699. The number of aliphatic hydroxyl groups excluding tert-OH is 1. The third-order valence-corrected chi connectivity index (χ3v) is 1.80. The van der Waals surface area contributed by atoms with Crippen LogP contribution in [0.1, 0.15) is 46.5 Å². The highest BCUT2D eigenvalue weighted by molar-refractivity contribution is 5.62. The van der Waals surface area contributed by atoms with E-state index in [9.17, 15) is 0 Å². The number of unbranched alkanes of at least 4 members (excludes halogenated alkanes) is 1. The number of carbonyl (C=O) groups is 1. The molecule has 0 saturated heterocycles. The Hall–Kier alpha value is -0.570. The van der Waals surface area contributed by atoms with Gasteiger partial charge in [-0.25, -0.2) is 0 Å². The molecule has 0 bridgehead atoms. The molecule has 80 valence electrons. The van der Waals surface area contributed by atoms with Gasteiger partial charge in [0.2, 0.25) is 0 Å². The van der Waals surface area contributed by atoms with E-state index in [4.69, 9.17) is 15.0 Å². The van der Waals surface area contributed by atoms with E-state index < -0.39 is 5.97 Å². The molecule has 0 aromatic carbocycles. The van der Waals surface area contributed by atoms with Crippen LogP contribution in [0.4, 0.5) is 0 Å². The van der Waals surface area contributed by atoms with Gasteiger partial charge in [-0.15, -0.1) is 0 Å². The summed E-state index contributed by atoms with van der Waals surface area (Å²) in [6.45, 7) is 5.77. The zero-order valence-corrected chi connectivity index (χ0v) is 8.92. The second-order valence-corrected chi connectivity index (χ2v) is 3.12. The van der Waals surface area contributed by atoms with Crippen LogP contribution in [0.15, 0.2) is 0 Å². The zero-order chi connectivity index (χ0) is 10.7. The summed E-state index contributed by atoms with van der Waals surface area (Å²) in [5.41, 5.74) is 0. The van der Waals surface area contributed by atoms with Crippen LogP contribution in [0.5, 0.6) is 0 Å². The van der Waals surface area contributed by atoms with Crippen LogP contribution in [0.3, 0.4) is 0 Å². The van der Waals surface area contributed by atoms with E-state index in [-0.39, 0.29) is 0 Å². The molecule has 0 aliphatic rings. The third-order valence-electron chi connectivity index (χ3n) is 1.80. The van der Waals surface area contributed by atoms with E-state index >= 15 is 0 Å². The monoisotopic (exact) mass is 190 g/mol. The van der Waals surface area contributed by atoms with Crippen molar-refractivity contribution < 1.29 is 15.0 Å². The Kier molecular flexibility index (Phi) is 13.1. The minimum Gasteiger partial charge on any atom is -0.481 e. The molecule has 3 nitrogen and oxygen atoms in total. The Morgan fingerprint density at radius 2 is 1.85 bits per heavy atom. The van der Waals surface area contributed by atoms with Crippen molar-refractivity contribution in [3.05, 3.63) is 0 Å². The topological polar surface area (TPSA) is 57.5 Å². The second kappa shape index (κ2) is 11.4. The summed E-state index contributed by atoms with van der Waals surface area (Å²) in [6, 6.07) is 0. The maximum atomic E-state index is 9.00. The number of aliphatic hydroxyl groups is 1. The normalized spacial score (nSPS) is 11.4. The highest BCUT2D eigenvalue weighted by Gasteiger charge is 2.01. The maximum Gasteiger partial charge on any atom is 0.300 e. The highest BCUT2D eigenvalue weighted by Crippen LogP contribution is 2.10. The fraction of sp³-hybridized carbons (Fsp3) is 0.900. The van der Waals surface area contributed by atoms with Crippen LogP contribution < -0.4 is 0 Å². The molecular weight excluding hydrogens is 168 g/mol. The molecule has 0 heterocycles. The van der Waals surface area contributed by atoms with Gasteiger partial charge < -0.3 is 10.2 Å². The molecule has 0 rings (SSSR count). The molecule has 0 aliphatic heterocycles. The number of hydrogen-bond donors (Lipinski definition) is 2. The number of carboxylic acids is 1. The van der Waals surface area contributed by atoms with Crippen molar-refractivity contribution in [1.29, 1.82) is 0 Å². The van der Waals surface area contributed by atoms with Gasteiger partial charge in [0.05, 0.1) is 0 Å². The van der Waals surface area contributed by atoms with Crippen molar-refractivity contribution in [2.24, 2.45) is 5.92 Å². The minimum atomic E-state index is -0.833. The van der Waals surface area contributed by atoms with Gasteiger partial charge in [0.15, 0.2) is 0 Å². The van der Waals surface area contributed by atoms with Crippen LogP contribution in [-0.4, -0.2) is 22.8 Å². The molecule has 0 fully saturated rings. The Balaban J connectivity index is 0. The van der Waals surface area contributed by atoms with Crippen LogP contribution in [0, 0.1) is 5.92 Å². The Bertz CT molecular complexity index is 105. The molecule has 0 amide bonds. The average molecular weight is 190 g/mol. The van der Waals surface area contributed by atoms with Crippen LogP contribution in [-0.2, 0) is 4.79 Å². The smallest absolute Gasteiger partial charge is 0.300 e. The Morgan fingerprint density at radius 3 is 2.08 bits per heavy atom. The van der Waals surface area contributed by atoms with Gasteiger partial charge in [0.1, 0.15) is 0 Å². The van der Waals surface area contributed by atoms with Crippen LogP contribution in [0.2, 0.25) is 0 Å². The van der Waals surface area contributed by atoms with Gasteiger partial charge in [-0.3, -0.25) is 4.79 Å². The van der Waals surface area contributed by atoms with Crippen molar-refractivity contribution >= 4 is 5.97 Å². The molecule has 1 atom stereocenters. The van der Waals surface area contributed by atoms with Gasteiger partial charge in [-0.2, -0.15) is 0 Å². The average Bonchev–Trinajstić information content (AvgIpc) is 2.06. The first kappa shape index (κ1) is 14.9. The number of carboxylic acid groups (broad SMARTS) is 1. The highest BCUT2D eigenvalue weighted by atomic mass is 16.4. The molecule has 0 saturated carbocycles. The van der Waals surface area contributed by atoms with E-state index in [1.807, 2.05) is 0 Å². The first-order valence-corrected chi connectivity index (χ1v) is 4.88. The summed E-state index contributed by atoms with van der Waals surface area (Å²) < 4.78 is 0. The van der Waals surface area contributed by atoms with Crippen molar-refractivity contribution in [2.45, 2.75) is 46.5 Å². The van der Waals surface area contributed by atoms with Crippen molar-refractivity contribution in [1.82, 2.24) is 0 Å². The number of aliphatic carboxylic acids is 1. The van der Waals surface area contributed by atoms with Gasteiger partial charge >= 0.3 is 0 Å². The largest absolute Gasteiger partial charge is 0.481 e. The van der Waals surface area contributed by atoms with Crippen LogP contribution in [0.25, 0.3) is 0 Å². The number of hydrogen-bond acceptors (Lipinski definition) is 2. The lowest BCUT2D eigenvalue weighted by atomic mass is 10.0. The summed E-state index contributed by atoms with van der Waals surface area (Å²) >= 11 is 0. The van der Waals surface area contributed by atoms with E-state index in [1.54, 1.807) is 0 Å². The van der Waals surface area contributed by atoms with Gasteiger partial charge in [-0.05, 0) is 12.3 Å². The van der Waals surface area contributed by atoms with Gasteiger partial charge in [0, 0.05) is 13.5 Å². The lowest BCUT2D eigenvalue weighted by Crippen LogP contribution is -2.03. The van der Waals surface area contributed by atoms with Crippen LogP contribution >= 0.6 is 0 Å².